The largest absolute Gasteiger partial charge is 0.451 e. The molecule has 0 spiro atoms. The lowest BCUT2D eigenvalue weighted by molar-refractivity contribution is -0.364. The topological polar surface area (TPSA) is 140 Å². The Morgan fingerprint density at radius 3 is 2.40 bits per heavy atom. The van der Waals surface area contributed by atoms with E-state index in [2.05, 4.69) is 9.47 Å². The van der Waals surface area contributed by atoms with Crippen LogP contribution in [0.4, 0.5) is 0 Å². The molecule has 0 aromatic carbocycles. The van der Waals surface area contributed by atoms with E-state index in [4.69, 9.17) is 4.74 Å². The number of aliphatic hydroxyl groups is 3. The summed E-state index contributed by atoms with van der Waals surface area (Å²) in [7, 11) is 0. The van der Waals surface area contributed by atoms with Gasteiger partial charge in [0.15, 0.2) is 5.60 Å². The highest BCUT2D eigenvalue weighted by Crippen LogP contribution is 2.34. The van der Waals surface area contributed by atoms with E-state index in [0.29, 0.717) is 0 Å². The third kappa shape index (κ3) is 2.60. The summed E-state index contributed by atoms with van der Waals surface area (Å²) in [5.74, 6) is -6.38. The van der Waals surface area contributed by atoms with E-state index in [1.54, 1.807) is 0 Å². The van der Waals surface area contributed by atoms with Crippen LogP contribution in [0.2, 0.25) is 0 Å². The van der Waals surface area contributed by atoms with Crippen molar-refractivity contribution in [2.75, 3.05) is 0 Å². The summed E-state index contributed by atoms with van der Waals surface area (Å²) in [4.78, 5) is 34.9. The van der Waals surface area contributed by atoms with Crippen LogP contribution in [0.15, 0.2) is 0 Å². The Morgan fingerprint density at radius 2 is 1.80 bits per heavy atom. The zero-order valence-corrected chi connectivity index (χ0v) is 10.6. The lowest BCUT2D eigenvalue weighted by Gasteiger charge is -2.35. The van der Waals surface area contributed by atoms with Crippen molar-refractivity contribution < 1.29 is 43.9 Å². The SMILES string of the molecule is CC(O)CC1OC(=O)CC2(O)CC(=O)OC1(O)OC2=O. The summed E-state index contributed by atoms with van der Waals surface area (Å²) in [6.07, 6.45) is -4.61. The summed E-state index contributed by atoms with van der Waals surface area (Å²) in [5.41, 5.74) is -2.44. The zero-order chi connectivity index (χ0) is 15.1. The highest BCUT2D eigenvalue weighted by molar-refractivity contribution is 5.91. The summed E-state index contributed by atoms with van der Waals surface area (Å²) in [6.45, 7) is 1.34. The Kier molecular flexibility index (Phi) is 3.44. The average molecular weight is 290 g/mol. The minimum absolute atomic E-state index is 0.332. The number of esters is 3. The predicted molar refractivity (Wildman–Crippen MR) is 57.5 cm³/mol. The van der Waals surface area contributed by atoms with Crippen LogP contribution in [0.5, 0.6) is 0 Å². The van der Waals surface area contributed by atoms with Gasteiger partial charge in [-0.15, -0.1) is 0 Å². The summed E-state index contributed by atoms with van der Waals surface area (Å²) in [5, 5.41) is 29.4. The first kappa shape index (κ1) is 14.7. The van der Waals surface area contributed by atoms with Crippen molar-refractivity contribution >= 4 is 17.9 Å². The van der Waals surface area contributed by atoms with Gasteiger partial charge in [0.05, 0.1) is 18.9 Å². The molecule has 2 bridgehead atoms. The van der Waals surface area contributed by atoms with Crippen LogP contribution >= 0.6 is 0 Å². The molecule has 20 heavy (non-hydrogen) atoms. The Bertz CT molecular complexity index is 459. The second kappa shape index (κ2) is 4.69. The third-order valence-electron chi connectivity index (χ3n) is 2.99. The van der Waals surface area contributed by atoms with Crippen molar-refractivity contribution in [1.29, 1.82) is 0 Å². The van der Waals surface area contributed by atoms with Gasteiger partial charge in [-0.2, -0.15) is 0 Å². The first-order valence-corrected chi connectivity index (χ1v) is 5.92. The molecule has 4 unspecified atom stereocenters. The summed E-state index contributed by atoms with van der Waals surface area (Å²) in [6, 6.07) is 0. The van der Waals surface area contributed by atoms with E-state index in [9.17, 15) is 29.7 Å². The monoisotopic (exact) mass is 290 g/mol. The van der Waals surface area contributed by atoms with Crippen molar-refractivity contribution in [3.05, 3.63) is 0 Å². The quantitative estimate of drug-likeness (QED) is 0.489. The average Bonchev–Trinajstić information content (AvgIpc) is 2.30. The van der Waals surface area contributed by atoms with Crippen LogP contribution in [0.1, 0.15) is 26.2 Å². The van der Waals surface area contributed by atoms with Gasteiger partial charge in [0.25, 0.3) is 0 Å². The number of ether oxygens (including phenoxy) is 3. The smallest absolute Gasteiger partial charge is 0.413 e. The van der Waals surface area contributed by atoms with E-state index in [-0.39, 0.29) is 6.42 Å². The number of rotatable bonds is 2. The second-order valence-electron chi connectivity index (χ2n) is 4.94. The van der Waals surface area contributed by atoms with Gasteiger partial charge < -0.3 is 29.5 Å². The van der Waals surface area contributed by atoms with Crippen LogP contribution in [0.3, 0.4) is 0 Å². The van der Waals surface area contributed by atoms with E-state index >= 15 is 0 Å². The fourth-order valence-electron chi connectivity index (χ4n) is 2.05. The highest BCUT2D eigenvalue weighted by atomic mass is 16.9. The number of hydrogen-bond acceptors (Lipinski definition) is 9. The first-order chi connectivity index (χ1) is 9.14. The van der Waals surface area contributed by atoms with E-state index in [0.717, 1.165) is 0 Å². The molecule has 2 saturated heterocycles. The van der Waals surface area contributed by atoms with Gasteiger partial charge in [-0.05, 0) is 6.92 Å². The minimum atomic E-state index is -2.87. The highest BCUT2D eigenvalue weighted by Gasteiger charge is 2.59. The molecule has 9 heteroatoms. The Balaban J connectivity index is 2.43. The minimum Gasteiger partial charge on any atom is -0.451 e. The van der Waals surface area contributed by atoms with Crippen LogP contribution in [-0.4, -0.2) is 57.0 Å². The van der Waals surface area contributed by atoms with Gasteiger partial charge in [-0.25, -0.2) is 4.79 Å². The third-order valence-corrected chi connectivity index (χ3v) is 2.99. The van der Waals surface area contributed by atoms with Crippen LogP contribution < -0.4 is 0 Å². The zero-order valence-electron chi connectivity index (χ0n) is 10.6. The molecule has 0 amide bonds. The maximum Gasteiger partial charge on any atom is 0.413 e. The molecule has 2 aliphatic rings. The van der Waals surface area contributed by atoms with Gasteiger partial charge >= 0.3 is 23.9 Å². The fourth-order valence-corrected chi connectivity index (χ4v) is 2.05. The summed E-state index contributed by atoms with van der Waals surface area (Å²) >= 11 is 0. The Morgan fingerprint density at radius 1 is 1.20 bits per heavy atom. The number of carbonyl (C=O) groups excluding carboxylic acids is 3. The molecule has 3 N–H and O–H groups in total. The number of fused-ring (bicyclic) bond motifs is 3. The van der Waals surface area contributed by atoms with Crippen molar-refractivity contribution in [2.24, 2.45) is 0 Å². The van der Waals surface area contributed by atoms with Gasteiger partial charge in [-0.3, -0.25) is 9.59 Å². The van der Waals surface area contributed by atoms with Crippen molar-refractivity contribution in [3.63, 3.8) is 0 Å². The molecule has 0 saturated carbocycles. The Hall–Kier alpha value is -1.71. The molecule has 0 radical (unpaired) electrons. The fraction of sp³-hybridized carbons (Fsp3) is 0.727. The first-order valence-electron chi connectivity index (χ1n) is 5.92. The molecular weight excluding hydrogens is 276 g/mol. The van der Waals surface area contributed by atoms with Crippen LogP contribution in [0, 0.1) is 0 Å². The number of hydrogen-bond donors (Lipinski definition) is 3. The molecule has 2 aliphatic heterocycles. The molecule has 0 aromatic heterocycles. The number of cyclic esters (lactones) is 1. The van der Waals surface area contributed by atoms with Crippen molar-refractivity contribution in [3.8, 4) is 0 Å². The molecular formula is C11H14O9. The van der Waals surface area contributed by atoms with Crippen LogP contribution in [0.25, 0.3) is 0 Å². The molecule has 9 nitrogen and oxygen atoms in total. The normalized spacial score (nSPS) is 39.0. The summed E-state index contributed by atoms with van der Waals surface area (Å²) < 4.78 is 14.0. The molecule has 112 valence electrons. The predicted octanol–water partition coefficient (Wildman–Crippen LogP) is -2.06. The number of aliphatic hydroxyl groups excluding tert-OH is 1. The Labute approximate surface area is 113 Å². The molecule has 2 fully saturated rings. The lowest BCUT2D eigenvalue weighted by Crippen LogP contribution is -2.55. The van der Waals surface area contributed by atoms with Gasteiger partial charge in [0.1, 0.15) is 0 Å². The second-order valence-corrected chi connectivity index (χ2v) is 4.94. The molecule has 2 rings (SSSR count). The molecule has 0 aliphatic carbocycles. The molecule has 4 atom stereocenters. The van der Waals surface area contributed by atoms with E-state index in [1.807, 2.05) is 0 Å². The maximum atomic E-state index is 11.8. The van der Waals surface area contributed by atoms with Gasteiger partial charge in [0, 0.05) is 6.42 Å². The van der Waals surface area contributed by atoms with E-state index < -0.39 is 54.5 Å². The van der Waals surface area contributed by atoms with Crippen LogP contribution in [-0.2, 0) is 28.6 Å². The molecule has 0 aromatic rings. The maximum absolute atomic E-state index is 11.8. The van der Waals surface area contributed by atoms with Gasteiger partial charge in [0.2, 0.25) is 6.10 Å². The van der Waals surface area contributed by atoms with E-state index in [1.165, 1.54) is 6.92 Å². The lowest BCUT2D eigenvalue weighted by atomic mass is 9.95. The van der Waals surface area contributed by atoms with Gasteiger partial charge in [-0.1, -0.05) is 0 Å². The van der Waals surface area contributed by atoms with Crippen molar-refractivity contribution in [1.82, 2.24) is 0 Å². The van der Waals surface area contributed by atoms with Crippen molar-refractivity contribution in [2.45, 2.75) is 50.0 Å². The number of carbonyl (C=O) groups is 3. The standard InChI is InChI=1S/C11H14O9/c1-5(12)2-6-11(17)19-8(14)4-10(16,9(15)20-11)3-7(13)18-6/h5-6,12,16-17H,2-4H2,1H3. The molecule has 2 heterocycles.